The Morgan fingerprint density at radius 1 is 0.913 bits per heavy atom. The van der Waals surface area contributed by atoms with Gasteiger partial charge in [0.05, 0.1) is 11.2 Å². The van der Waals surface area contributed by atoms with Crippen molar-refractivity contribution in [3.63, 3.8) is 0 Å². The van der Waals surface area contributed by atoms with Crippen LogP contribution in [0.2, 0.25) is 0 Å². The van der Waals surface area contributed by atoms with Gasteiger partial charge in [0.25, 0.3) is 0 Å². The fraction of sp³-hybridized carbons (Fsp3) is 0.318. The maximum absolute atomic E-state index is 5.16. The molecule has 114 valence electrons. The second kappa shape index (κ2) is 4.67. The number of hydrogen-bond acceptors (Lipinski definition) is 1. The van der Waals surface area contributed by atoms with Gasteiger partial charge in [-0.05, 0) is 73.3 Å². The number of pyridine rings is 1. The fourth-order valence-electron chi connectivity index (χ4n) is 4.99. The quantitative estimate of drug-likeness (QED) is 0.546. The molecule has 2 bridgehead atoms. The van der Waals surface area contributed by atoms with Gasteiger partial charge in [-0.25, -0.2) is 4.98 Å². The second-order valence-electron chi connectivity index (χ2n) is 7.34. The summed E-state index contributed by atoms with van der Waals surface area (Å²) < 4.78 is 0. The summed E-state index contributed by atoms with van der Waals surface area (Å²) in [5.41, 5.74) is 9.60. The maximum atomic E-state index is 5.16. The largest absolute Gasteiger partial charge is 0.247 e. The summed E-state index contributed by atoms with van der Waals surface area (Å²) in [7, 11) is 0. The summed E-state index contributed by atoms with van der Waals surface area (Å²) in [5, 5.41) is 1.44. The molecule has 2 unspecified atom stereocenters. The van der Waals surface area contributed by atoms with Crippen molar-refractivity contribution >= 4 is 10.9 Å². The van der Waals surface area contributed by atoms with Gasteiger partial charge in [0, 0.05) is 10.9 Å². The topological polar surface area (TPSA) is 12.9 Å². The number of aryl methyl sites for hydroxylation is 2. The minimum Gasteiger partial charge on any atom is -0.247 e. The molecule has 1 nitrogen and oxygen atoms in total. The van der Waals surface area contributed by atoms with Crippen molar-refractivity contribution in [1.29, 1.82) is 0 Å². The Balaban J connectivity index is 1.92. The summed E-state index contributed by atoms with van der Waals surface area (Å²) >= 11 is 0. The van der Waals surface area contributed by atoms with E-state index in [2.05, 4.69) is 56.3 Å². The van der Waals surface area contributed by atoms with Crippen LogP contribution in [-0.4, -0.2) is 4.98 Å². The van der Waals surface area contributed by atoms with Crippen LogP contribution in [0.3, 0.4) is 0 Å². The Hall–Kier alpha value is -2.15. The first kappa shape index (κ1) is 13.3. The van der Waals surface area contributed by atoms with Crippen molar-refractivity contribution in [3.8, 4) is 11.3 Å². The predicted molar refractivity (Wildman–Crippen MR) is 96.0 cm³/mol. The zero-order valence-corrected chi connectivity index (χ0v) is 13.8. The van der Waals surface area contributed by atoms with Crippen LogP contribution in [0.25, 0.3) is 22.2 Å². The number of benzene rings is 2. The van der Waals surface area contributed by atoms with E-state index < -0.39 is 0 Å². The summed E-state index contributed by atoms with van der Waals surface area (Å²) in [4.78, 5) is 5.16. The average Bonchev–Trinajstić information content (AvgIpc) is 3.16. The molecule has 1 fully saturated rings. The van der Waals surface area contributed by atoms with Gasteiger partial charge in [-0.15, -0.1) is 0 Å². The van der Waals surface area contributed by atoms with E-state index in [0.717, 1.165) is 11.8 Å². The zero-order valence-electron chi connectivity index (χ0n) is 13.8. The van der Waals surface area contributed by atoms with Gasteiger partial charge in [-0.3, -0.25) is 0 Å². The molecule has 1 heterocycles. The minimum atomic E-state index is 0.725. The van der Waals surface area contributed by atoms with E-state index >= 15 is 0 Å². The second-order valence-corrected chi connectivity index (χ2v) is 7.34. The third kappa shape index (κ3) is 1.83. The van der Waals surface area contributed by atoms with Crippen LogP contribution in [-0.2, 0) is 0 Å². The predicted octanol–water partition coefficient (Wildman–Crippen LogP) is 5.88. The van der Waals surface area contributed by atoms with E-state index in [1.165, 1.54) is 52.5 Å². The Morgan fingerprint density at radius 3 is 2.43 bits per heavy atom. The standard InChI is InChI=1S/C22H21N/c1-13-10-14(2)19-18(11-13)23-22(15-6-4-3-5-7-15)21-17-9-8-16(12-17)20(19)21/h3-7,10-11,16-17H,8-9,12H2,1-2H3. The highest BCUT2D eigenvalue weighted by Crippen LogP contribution is 2.57. The van der Waals surface area contributed by atoms with Crippen molar-refractivity contribution < 1.29 is 0 Å². The highest BCUT2D eigenvalue weighted by molar-refractivity contribution is 5.92. The van der Waals surface area contributed by atoms with Crippen LogP contribution in [0, 0.1) is 13.8 Å². The molecule has 5 rings (SSSR count). The molecule has 0 N–H and O–H groups in total. The van der Waals surface area contributed by atoms with Crippen molar-refractivity contribution in [2.75, 3.05) is 0 Å². The van der Waals surface area contributed by atoms with Crippen LogP contribution in [0.5, 0.6) is 0 Å². The van der Waals surface area contributed by atoms with E-state index in [1.54, 1.807) is 11.1 Å². The van der Waals surface area contributed by atoms with Crippen molar-refractivity contribution in [2.45, 2.75) is 44.9 Å². The van der Waals surface area contributed by atoms with Crippen molar-refractivity contribution in [1.82, 2.24) is 4.98 Å². The molecule has 2 aliphatic rings. The van der Waals surface area contributed by atoms with Crippen LogP contribution in [0.15, 0.2) is 42.5 Å². The van der Waals surface area contributed by atoms with Gasteiger partial charge >= 0.3 is 0 Å². The van der Waals surface area contributed by atoms with Gasteiger partial charge in [0.1, 0.15) is 0 Å². The van der Waals surface area contributed by atoms with Crippen LogP contribution in [0.1, 0.15) is 53.4 Å². The zero-order chi connectivity index (χ0) is 15.6. The normalized spacial score (nSPS) is 21.8. The van der Waals surface area contributed by atoms with Gasteiger partial charge in [0.15, 0.2) is 0 Å². The van der Waals surface area contributed by atoms with Crippen LogP contribution < -0.4 is 0 Å². The van der Waals surface area contributed by atoms with E-state index in [-0.39, 0.29) is 0 Å². The van der Waals surface area contributed by atoms with Crippen molar-refractivity contribution in [2.24, 2.45) is 0 Å². The summed E-state index contributed by atoms with van der Waals surface area (Å²) in [6, 6.07) is 15.3. The highest BCUT2D eigenvalue weighted by atomic mass is 14.7. The maximum Gasteiger partial charge on any atom is 0.0747 e. The third-order valence-corrected chi connectivity index (χ3v) is 5.80. The number of hydrogen-bond donors (Lipinski definition) is 0. The first-order valence-corrected chi connectivity index (χ1v) is 8.72. The molecule has 2 atom stereocenters. The number of nitrogens with zero attached hydrogens (tertiary/aromatic N) is 1. The Bertz CT molecular complexity index is 924. The lowest BCUT2D eigenvalue weighted by molar-refractivity contribution is 0.720. The number of fused-ring (bicyclic) bond motifs is 7. The van der Waals surface area contributed by atoms with Crippen LogP contribution >= 0.6 is 0 Å². The number of rotatable bonds is 1. The molecule has 1 saturated carbocycles. The summed E-state index contributed by atoms with van der Waals surface area (Å²) in [5.74, 6) is 1.48. The molecule has 1 heteroatoms. The Labute approximate surface area is 137 Å². The molecular weight excluding hydrogens is 278 g/mol. The molecule has 0 amide bonds. The SMILES string of the molecule is Cc1cc(C)c2c3c(c(-c4ccccc4)nc2c1)C1CCC3C1. The molecule has 2 aliphatic carbocycles. The Morgan fingerprint density at radius 2 is 1.65 bits per heavy atom. The van der Waals surface area contributed by atoms with Gasteiger partial charge in [-0.1, -0.05) is 36.4 Å². The smallest absolute Gasteiger partial charge is 0.0747 e. The monoisotopic (exact) mass is 299 g/mol. The average molecular weight is 299 g/mol. The minimum absolute atomic E-state index is 0.725. The molecule has 3 aromatic rings. The third-order valence-electron chi connectivity index (χ3n) is 5.80. The molecule has 23 heavy (non-hydrogen) atoms. The van der Waals surface area contributed by atoms with Gasteiger partial charge in [0.2, 0.25) is 0 Å². The molecular formula is C22H21N. The lowest BCUT2D eigenvalue weighted by Crippen LogP contribution is -2.05. The van der Waals surface area contributed by atoms with Gasteiger partial charge in [-0.2, -0.15) is 0 Å². The van der Waals surface area contributed by atoms with Crippen LogP contribution in [0.4, 0.5) is 0 Å². The molecule has 0 saturated heterocycles. The molecule has 2 aromatic carbocycles. The van der Waals surface area contributed by atoms with Crippen molar-refractivity contribution in [3.05, 3.63) is 64.7 Å². The van der Waals surface area contributed by atoms with E-state index in [9.17, 15) is 0 Å². The molecule has 0 spiro atoms. The first-order valence-electron chi connectivity index (χ1n) is 8.72. The molecule has 0 radical (unpaired) electrons. The lowest BCUT2D eigenvalue weighted by Gasteiger charge is -2.22. The van der Waals surface area contributed by atoms with Gasteiger partial charge < -0.3 is 0 Å². The summed E-state index contributed by atoms with van der Waals surface area (Å²) in [6.45, 7) is 4.43. The van der Waals surface area contributed by atoms with E-state index in [0.29, 0.717) is 0 Å². The Kier molecular flexibility index (Phi) is 2.70. The number of aromatic nitrogens is 1. The molecule has 0 aliphatic heterocycles. The van der Waals surface area contributed by atoms with E-state index in [4.69, 9.17) is 4.98 Å². The van der Waals surface area contributed by atoms with E-state index in [1.807, 2.05) is 0 Å². The lowest BCUT2D eigenvalue weighted by atomic mass is 9.85. The highest BCUT2D eigenvalue weighted by Gasteiger charge is 2.40. The fourth-order valence-corrected chi connectivity index (χ4v) is 4.99. The molecule has 1 aromatic heterocycles. The summed E-state index contributed by atoms with van der Waals surface area (Å²) in [6.07, 6.45) is 4.04. The first-order chi connectivity index (χ1) is 11.2.